The van der Waals surface area contributed by atoms with Crippen LogP contribution in [-0.2, 0) is 17.8 Å². The van der Waals surface area contributed by atoms with Gasteiger partial charge in [0.25, 0.3) is 0 Å². The summed E-state index contributed by atoms with van der Waals surface area (Å²) >= 11 is 12.2. The van der Waals surface area contributed by atoms with Crippen LogP contribution in [0.1, 0.15) is 35.6 Å². The third kappa shape index (κ3) is 4.25. The second-order valence-corrected chi connectivity index (χ2v) is 7.14. The Morgan fingerprint density at radius 1 is 1.20 bits per heavy atom. The van der Waals surface area contributed by atoms with Gasteiger partial charge in [-0.2, -0.15) is 10.4 Å². The Labute approximate surface area is 183 Å². The Bertz CT molecular complexity index is 1210. The summed E-state index contributed by atoms with van der Waals surface area (Å²) in [6.07, 6.45) is 1.65. The first-order valence-corrected chi connectivity index (χ1v) is 9.98. The molecule has 3 aromatic rings. The molecule has 0 bridgehead atoms. The minimum atomic E-state index is -0.705. The molecular weight excluding hydrogens is 427 g/mol. The average molecular weight is 445 g/mol. The quantitative estimate of drug-likeness (QED) is 0.532. The molecule has 0 saturated carbocycles. The number of rotatable bonds is 6. The molecule has 1 aromatic carbocycles. The lowest BCUT2D eigenvalue weighted by Crippen LogP contribution is -2.25. The van der Waals surface area contributed by atoms with Crippen molar-refractivity contribution in [2.45, 2.75) is 26.9 Å². The predicted octanol–water partition coefficient (Wildman–Crippen LogP) is 4.14. The molecule has 30 heavy (non-hydrogen) atoms. The fourth-order valence-electron chi connectivity index (χ4n) is 3.21. The van der Waals surface area contributed by atoms with Gasteiger partial charge in [-0.1, -0.05) is 29.3 Å². The SMILES string of the molecule is CCOC(=O)c1c(-c2ccc(Cl)c(Cl)c2)n(CC)c(Cn2ccc(C#N)n2)cc1=O. The maximum atomic E-state index is 13.0. The van der Waals surface area contributed by atoms with E-state index in [1.165, 1.54) is 6.07 Å². The van der Waals surface area contributed by atoms with Gasteiger partial charge in [-0.15, -0.1) is 0 Å². The smallest absolute Gasteiger partial charge is 0.344 e. The first kappa shape index (κ1) is 21.6. The normalized spacial score (nSPS) is 10.6. The average Bonchev–Trinajstić information content (AvgIpc) is 3.17. The zero-order valence-corrected chi connectivity index (χ0v) is 17.9. The Balaban J connectivity index is 2.27. The standard InChI is InChI=1S/C21H18Cl2N4O3/c1-3-27-15(12-26-8-7-14(11-24)25-26)10-18(28)19(21(29)30-4-2)20(27)13-5-6-16(22)17(23)9-13/h5-10H,3-4,12H2,1-2H3. The minimum absolute atomic E-state index is 0.0704. The van der Waals surface area contributed by atoms with Crippen LogP contribution in [0.2, 0.25) is 10.0 Å². The lowest BCUT2D eigenvalue weighted by Gasteiger charge is -2.20. The van der Waals surface area contributed by atoms with E-state index in [9.17, 15) is 9.59 Å². The van der Waals surface area contributed by atoms with Gasteiger partial charge >= 0.3 is 5.97 Å². The van der Waals surface area contributed by atoms with E-state index in [1.54, 1.807) is 42.1 Å². The van der Waals surface area contributed by atoms with Crippen molar-refractivity contribution in [1.29, 1.82) is 5.26 Å². The van der Waals surface area contributed by atoms with Crippen LogP contribution in [0.5, 0.6) is 0 Å². The van der Waals surface area contributed by atoms with Crippen LogP contribution in [0.25, 0.3) is 11.3 Å². The molecule has 2 heterocycles. The highest BCUT2D eigenvalue weighted by Gasteiger charge is 2.24. The first-order valence-electron chi connectivity index (χ1n) is 9.22. The number of hydrogen-bond acceptors (Lipinski definition) is 5. The number of pyridine rings is 1. The number of carbonyl (C=O) groups is 1. The van der Waals surface area contributed by atoms with E-state index in [1.807, 2.05) is 17.6 Å². The molecule has 9 heteroatoms. The van der Waals surface area contributed by atoms with Gasteiger partial charge in [-0.25, -0.2) is 4.79 Å². The molecule has 3 rings (SSSR count). The zero-order chi connectivity index (χ0) is 21.8. The molecule has 0 aliphatic rings. The van der Waals surface area contributed by atoms with Crippen LogP contribution in [0.4, 0.5) is 0 Å². The van der Waals surface area contributed by atoms with Crippen LogP contribution < -0.4 is 5.43 Å². The molecule has 0 aliphatic carbocycles. The summed E-state index contributed by atoms with van der Waals surface area (Å²) in [5.74, 6) is -0.705. The molecule has 0 N–H and O–H groups in total. The number of nitrogens with zero attached hydrogens (tertiary/aromatic N) is 4. The molecule has 0 unspecified atom stereocenters. The summed E-state index contributed by atoms with van der Waals surface area (Å²) in [5, 5.41) is 13.8. The van der Waals surface area contributed by atoms with Crippen LogP contribution in [0.15, 0.2) is 41.3 Å². The van der Waals surface area contributed by atoms with Gasteiger partial charge in [-0.05, 0) is 32.0 Å². The van der Waals surface area contributed by atoms with Gasteiger partial charge in [0, 0.05) is 30.1 Å². The Morgan fingerprint density at radius 2 is 1.97 bits per heavy atom. The van der Waals surface area contributed by atoms with Crippen LogP contribution >= 0.6 is 23.2 Å². The number of nitriles is 1. The van der Waals surface area contributed by atoms with Crippen molar-refractivity contribution in [1.82, 2.24) is 14.3 Å². The maximum absolute atomic E-state index is 13.0. The van der Waals surface area contributed by atoms with Gasteiger partial charge in [0.05, 0.1) is 28.9 Å². The molecule has 0 spiro atoms. The molecule has 154 valence electrons. The molecule has 0 saturated heterocycles. The zero-order valence-electron chi connectivity index (χ0n) is 16.4. The lowest BCUT2D eigenvalue weighted by molar-refractivity contribution is 0.0525. The minimum Gasteiger partial charge on any atom is -0.462 e. The highest BCUT2D eigenvalue weighted by molar-refractivity contribution is 6.42. The van der Waals surface area contributed by atoms with E-state index < -0.39 is 11.4 Å². The second kappa shape index (κ2) is 9.16. The van der Waals surface area contributed by atoms with Crippen LogP contribution in [0.3, 0.4) is 0 Å². The summed E-state index contributed by atoms with van der Waals surface area (Å²) in [5.41, 5.74) is 1.30. The molecular formula is C21H18Cl2N4O3. The van der Waals surface area contributed by atoms with E-state index in [-0.39, 0.29) is 24.4 Å². The molecule has 0 aliphatic heterocycles. The third-order valence-electron chi connectivity index (χ3n) is 4.47. The van der Waals surface area contributed by atoms with Gasteiger partial charge < -0.3 is 9.30 Å². The molecule has 0 fully saturated rings. The van der Waals surface area contributed by atoms with Gasteiger partial charge in [0.15, 0.2) is 11.1 Å². The highest BCUT2D eigenvalue weighted by atomic mass is 35.5. The first-order chi connectivity index (χ1) is 14.4. The van der Waals surface area contributed by atoms with Crippen LogP contribution in [0, 0.1) is 11.3 Å². The van der Waals surface area contributed by atoms with Gasteiger partial charge in [-0.3, -0.25) is 9.48 Å². The number of ether oxygens (including phenoxy) is 1. The number of esters is 1. The molecule has 0 radical (unpaired) electrons. The number of hydrogen-bond donors (Lipinski definition) is 0. The van der Waals surface area contributed by atoms with E-state index in [4.69, 9.17) is 33.2 Å². The van der Waals surface area contributed by atoms with E-state index >= 15 is 0 Å². The maximum Gasteiger partial charge on any atom is 0.344 e. The predicted molar refractivity (Wildman–Crippen MR) is 114 cm³/mol. The van der Waals surface area contributed by atoms with Gasteiger partial charge in [0.2, 0.25) is 0 Å². The largest absolute Gasteiger partial charge is 0.462 e. The highest BCUT2D eigenvalue weighted by Crippen LogP contribution is 2.31. The van der Waals surface area contributed by atoms with Crippen molar-refractivity contribution in [2.24, 2.45) is 0 Å². The van der Waals surface area contributed by atoms with Crippen molar-refractivity contribution in [3.63, 3.8) is 0 Å². The van der Waals surface area contributed by atoms with E-state index in [2.05, 4.69) is 5.10 Å². The topological polar surface area (TPSA) is 89.9 Å². The fourth-order valence-corrected chi connectivity index (χ4v) is 3.51. The number of benzene rings is 1. The summed E-state index contributed by atoms with van der Waals surface area (Å²) < 4.78 is 8.53. The Kier molecular flexibility index (Phi) is 6.60. The summed E-state index contributed by atoms with van der Waals surface area (Å²) in [6, 6.07) is 9.87. The third-order valence-corrected chi connectivity index (χ3v) is 5.20. The summed E-state index contributed by atoms with van der Waals surface area (Å²) in [7, 11) is 0. The van der Waals surface area contributed by atoms with Crippen molar-refractivity contribution in [3.05, 3.63) is 73.7 Å². The molecule has 2 aromatic heterocycles. The van der Waals surface area contributed by atoms with Crippen molar-refractivity contribution in [3.8, 4) is 17.3 Å². The van der Waals surface area contributed by atoms with Crippen molar-refractivity contribution < 1.29 is 9.53 Å². The molecule has 0 amide bonds. The monoisotopic (exact) mass is 444 g/mol. The number of halogens is 2. The lowest BCUT2D eigenvalue weighted by atomic mass is 10.0. The second-order valence-electron chi connectivity index (χ2n) is 6.33. The van der Waals surface area contributed by atoms with Crippen molar-refractivity contribution >= 4 is 29.2 Å². The summed E-state index contributed by atoms with van der Waals surface area (Å²) in [6.45, 7) is 4.41. The summed E-state index contributed by atoms with van der Waals surface area (Å²) in [4.78, 5) is 25.6. The molecule has 7 nitrogen and oxygen atoms in total. The Hall–Kier alpha value is -3.08. The van der Waals surface area contributed by atoms with Crippen molar-refractivity contribution in [2.75, 3.05) is 6.61 Å². The Morgan fingerprint density at radius 3 is 2.57 bits per heavy atom. The number of carbonyl (C=O) groups excluding carboxylic acids is 1. The van der Waals surface area contributed by atoms with Crippen LogP contribution in [-0.4, -0.2) is 26.9 Å². The fraction of sp³-hybridized carbons (Fsp3) is 0.238. The van der Waals surface area contributed by atoms with E-state index in [0.29, 0.717) is 33.5 Å². The molecule has 0 atom stereocenters. The van der Waals surface area contributed by atoms with E-state index in [0.717, 1.165) is 0 Å². The van der Waals surface area contributed by atoms with Gasteiger partial charge in [0.1, 0.15) is 11.6 Å². The number of aromatic nitrogens is 3.